The highest BCUT2D eigenvalue weighted by Gasteiger charge is 2.44. The summed E-state index contributed by atoms with van der Waals surface area (Å²) >= 11 is 0. The molecule has 0 spiro atoms. The summed E-state index contributed by atoms with van der Waals surface area (Å²) in [4.78, 5) is 45.2. The molecule has 118 valence electrons. The van der Waals surface area contributed by atoms with Crippen molar-refractivity contribution in [2.45, 2.75) is 24.5 Å². The van der Waals surface area contributed by atoms with E-state index in [1.165, 1.54) is 0 Å². The van der Waals surface area contributed by atoms with Crippen LogP contribution in [-0.4, -0.2) is 44.7 Å². The van der Waals surface area contributed by atoms with Gasteiger partial charge in [0, 0.05) is 12.3 Å². The molecule has 4 atom stereocenters. The predicted octanol–water partition coefficient (Wildman–Crippen LogP) is -4.00. The van der Waals surface area contributed by atoms with E-state index in [0.29, 0.717) is 0 Å². The molecule has 21 heavy (non-hydrogen) atoms. The molecule has 0 unspecified atom stereocenters. The van der Waals surface area contributed by atoms with Crippen LogP contribution in [0.15, 0.2) is 21.9 Å². The maximum Gasteiger partial charge on any atom is 0.330 e. The molecule has 1 aromatic rings. The maximum absolute atomic E-state index is 11.6. The summed E-state index contributed by atoms with van der Waals surface area (Å²) in [6.45, 7) is -0.808. The van der Waals surface area contributed by atoms with Gasteiger partial charge in [0.2, 0.25) is 0 Å². The molecule has 1 saturated heterocycles. The molecule has 2 heterocycles. The topological polar surface area (TPSA) is 177 Å². The minimum Gasteiger partial charge on any atom is -0.790 e. The summed E-state index contributed by atoms with van der Waals surface area (Å²) in [6.07, 6.45) is -4.83. The number of aromatic nitrogens is 2. The van der Waals surface area contributed by atoms with E-state index in [4.69, 9.17) is 4.74 Å². The third-order valence-electron chi connectivity index (χ3n) is 2.86. The van der Waals surface area contributed by atoms with E-state index in [2.05, 4.69) is 4.52 Å². The first kappa shape index (κ1) is 16.0. The number of phosphoric acid groups is 1. The number of aliphatic hydroxyl groups excluding tert-OH is 2. The van der Waals surface area contributed by atoms with Gasteiger partial charge < -0.3 is 33.8 Å². The lowest BCUT2D eigenvalue weighted by molar-refractivity contribution is -0.343. The van der Waals surface area contributed by atoms with Crippen LogP contribution in [0.4, 0.5) is 0 Å². The van der Waals surface area contributed by atoms with Crippen molar-refractivity contribution in [3.05, 3.63) is 33.1 Å². The number of aliphatic hydroxyl groups is 2. The van der Waals surface area contributed by atoms with E-state index < -0.39 is 50.2 Å². The molecule has 0 aromatic carbocycles. The number of aromatic amines is 1. The Morgan fingerprint density at radius 2 is 2.05 bits per heavy atom. The highest BCUT2D eigenvalue weighted by Crippen LogP contribution is 2.32. The smallest absolute Gasteiger partial charge is 0.330 e. The third kappa shape index (κ3) is 3.66. The van der Waals surface area contributed by atoms with Crippen molar-refractivity contribution < 1.29 is 33.8 Å². The number of hydrogen-bond acceptors (Lipinski definition) is 9. The van der Waals surface area contributed by atoms with Gasteiger partial charge in [0.05, 0.1) is 14.4 Å². The number of nitrogens with zero attached hydrogens (tertiary/aromatic N) is 1. The minimum absolute atomic E-state index is 0.664. The quantitative estimate of drug-likeness (QED) is 0.466. The third-order valence-corrected chi connectivity index (χ3v) is 3.32. The average Bonchev–Trinajstić information content (AvgIpc) is 2.64. The number of phosphoric ester groups is 1. The van der Waals surface area contributed by atoms with E-state index in [9.17, 15) is 34.2 Å². The molecular weight excluding hydrogens is 311 g/mol. The average molecular weight is 322 g/mol. The molecule has 3 N–H and O–H groups in total. The van der Waals surface area contributed by atoms with Crippen molar-refractivity contribution in [2.75, 3.05) is 6.61 Å². The van der Waals surface area contributed by atoms with Crippen molar-refractivity contribution in [3.8, 4) is 0 Å². The lowest BCUT2D eigenvalue weighted by Crippen LogP contribution is -2.37. The number of rotatable bonds is 4. The van der Waals surface area contributed by atoms with Crippen molar-refractivity contribution in [3.63, 3.8) is 0 Å². The van der Waals surface area contributed by atoms with Crippen LogP contribution in [0.1, 0.15) is 6.23 Å². The largest absolute Gasteiger partial charge is 0.790 e. The van der Waals surface area contributed by atoms with Crippen LogP contribution in [0.3, 0.4) is 0 Å². The number of nitrogens with one attached hydrogen (secondary N) is 1. The Hall–Kier alpha value is -1.33. The summed E-state index contributed by atoms with van der Waals surface area (Å²) in [5.74, 6) is 0. The second-order valence-corrected chi connectivity index (χ2v) is 5.46. The van der Waals surface area contributed by atoms with Crippen molar-refractivity contribution in [1.82, 2.24) is 9.55 Å². The zero-order valence-electron chi connectivity index (χ0n) is 10.3. The molecule has 2 rings (SSSR count). The highest BCUT2D eigenvalue weighted by atomic mass is 31.2. The molecular formula is C9H11N2O9P-2. The SMILES string of the molecule is O=c1ccn([C@H]2O[C@@H](COP(=O)([O-])[O-])[C@H](O)[C@@H]2O)c(=O)[nH]1. The summed E-state index contributed by atoms with van der Waals surface area (Å²) in [6, 6.07) is 0.997. The normalized spacial score (nSPS) is 29.7. The zero-order valence-corrected chi connectivity index (χ0v) is 11.2. The second kappa shape index (κ2) is 5.81. The Morgan fingerprint density at radius 1 is 1.38 bits per heavy atom. The predicted molar refractivity (Wildman–Crippen MR) is 60.8 cm³/mol. The van der Waals surface area contributed by atoms with E-state index >= 15 is 0 Å². The Kier molecular flexibility index (Phi) is 4.44. The molecule has 0 saturated carbocycles. The van der Waals surface area contributed by atoms with E-state index in [-0.39, 0.29) is 0 Å². The van der Waals surface area contributed by atoms with Crippen molar-refractivity contribution >= 4 is 7.82 Å². The Morgan fingerprint density at radius 3 is 2.62 bits per heavy atom. The lowest BCUT2D eigenvalue weighted by atomic mass is 10.1. The van der Waals surface area contributed by atoms with Gasteiger partial charge >= 0.3 is 5.69 Å². The summed E-state index contributed by atoms with van der Waals surface area (Å²) in [5, 5.41) is 19.5. The number of ether oxygens (including phenoxy) is 1. The molecule has 1 aliphatic heterocycles. The maximum atomic E-state index is 11.6. The van der Waals surface area contributed by atoms with Gasteiger partial charge in [-0.25, -0.2) is 4.79 Å². The van der Waals surface area contributed by atoms with Crippen molar-refractivity contribution in [2.24, 2.45) is 0 Å². The van der Waals surface area contributed by atoms with Crippen LogP contribution in [-0.2, 0) is 13.8 Å². The monoisotopic (exact) mass is 322 g/mol. The molecule has 12 heteroatoms. The van der Waals surface area contributed by atoms with Crippen LogP contribution in [0, 0.1) is 0 Å². The van der Waals surface area contributed by atoms with E-state index in [0.717, 1.165) is 16.8 Å². The molecule has 0 amide bonds. The summed E-state index contributed by atoms with van der Waals surface area (Å²) in [7, 11) is -5.26. The number of hydrogen-bond donors (Lipinski definition) is 3. The van der Waals surface area contributed by atoms with Gasteiger partial charge in [-0.1, -0.05) is 0 Å². The second-order valence-electron chi connectivity index (χ2n) is 4.31. The standard InChI is InChI=1S/C9H13N2O9P/c12-5-1-2-11(9(15)10-5)8-7(14)6(13)4(20-8)3-19-21(16,17)18/h1-2,4,6-8,13-14H,3H2,(H,10,12,15)(H2,16,17,18)/p-2/t4-,6-,7-,8-/m0/s1. The van der Waals surface area contributed by atoms with Gasteiger partial charge in [-0.3, -0.25) is 14.3 Å². The minimum atomic E-state index is -5.26. The van der Waals surface area contributed by atoms with Crippen LogP contribution in [0.2, 0.25) is 0 Å². The van der Waals surface area contributed by atoms with Gasteiger partial charge in [0.25, 0.3) is 5.56 Å². The Labute approximate surface area is 116 Å². The Balaban J connectivity index is 2.18. The van der Waals surface area contributed by atoms with Crippen LogP contribution in [0.5, 0.6) is 0 Å². The van der Waals surface area contributed by atoms with Crippen LogP contribution in [0.25, 0.3) is 0 Å². The first-order valence-electron chi connectivity index (χ1n) is 5.69. The summed E-state index contributed by atoms with van der Waals surface area (Å²) in [5.41, 5.74) is -1.55. The fraction of sp³-hybridized carbons (Fsp3) is 0.556. The van der Waals surface area contributed by atoms with E-state index in [1.807, 2.05) is 4.98 Å². The van der Waals surface area contributed by atoms with Crippen LogP contribution >= 0.6 is 7.82 Å². The molecule has 1 aliphatic rings. The lowest BCUT2D eigenvalue weighted by Gasteiger charge is -2.30. The molecule has 0 radical (unpaired) electrons. The van der Waals surface area contributed by atoms with Gasteiger partial charge in [-0.2, -0.15) is 0 Å². The fourth-order valence-corrected chi connectivity index (χ4v) is 2.22. The molecule has 0 bridgehead atoms. The van der Waals surface area contributed by atoms with Crippen molar-refractivity contribution in [1.29, 1.82) is 0 Å². The zero-order chi connectivity index (χ0) is 15.8. The van der Waals surface area contributed by atoms with Gasteiger partial charge in [-0.05, 0) is 0 Å². The fourth-order valence-electron chi connectivity index (χ4n) is 1.89. The summed E-state index contributed by atoms with van der Waals surface area (Å²) < 4.78 is 20.3. The van der Waals surface area contributed by atoms with Crippen LogP contribution < -0.4 is 21.0 Å². The molecule has 0 aliphatic carbocycles. The van der Waals surface area contributed by atoms with Gasteiger partial charge in [0.15, 0.2) is 6.23 Å². The first-order chi connectivity index (χ1) is 9.69. The molecule has 1 aromatic heterocycles. The number of H-pyrrole nitrogens is 1. The van der Waals surface area contributed by atoms with Gasteiger partial charge in [-0.15, -0.1) is 0 Å². The molecule has 11 nitrogen and oxygen atoms in total. The van der Waals surface area contributed by atoms with Gasteiger partial charge in [0.1, 0.15) is 18.3 Å². The van der Waals surface area contributed by atoms with E-state index in [1.54, 1.807) is 0 Å². The Bertz CT molecular complexity index is 664. The first-order valence-corrected chi connectivity index (χ1v) is 7.15. The highest BCUT2D eigenvalue weighted by molar-refractivity contribution is 7.43. The molecule has 1 fully saturated rings.